The molecule has 0 saturated heterocycles. The first-order valence-corrected chi connectivity index (χ1v) is 6.49. The molecule has 1 heterocycles. The Kier molecular flexibility index (Phi) is 2.45. The second-order valence-electron chi connectivity index (χ2n) is 4.29. The number of aryl methyl sites for hydroxylation is 2. The number of benzene rings is 2. The number of rotatable bonds is 1. The molecule has 0 radical (unpaired) electrons. The number of thiazole rings is 1. The zero-order valence-corrected chi connectivity index (χ0v) is 10.7. The van der Waals surface area contributed by atoms with E-state index in [1.54, 1.807) is 11.3 Å². The van der Waals surface area contributed by atoms with E-state index in [0.717, 1.165) is 10.5 Å². The molecule has 84 valence electrons. The molecule has 0 spiro atoms. The van der Waals surface area contributed by atoms with E-state index in [1.165, 1.54) is 21.4 Å². The lowest BCUT2D eigenvalue weighted by Gasteiger charge is -1.96. The van der Waals surface area contributed by atoms with Crippen LogP contribution in [0.1, 0.15) is 11.1 Å². The number of aromatic nitrogens is 1. The lowest BCUT2D eigenvalue weighted by molar-refractivity contribution is 1.35. The topological polar surface area (TPSA) is 12.9 Å². The van der Waals surface area contributed by atoms with Gasteiger partial charge in [0.05, 0.1) is 10.2 Å². The lowest BCUT2D eigenvalue weighted by Crippen LogP contribution is -1.79. The third-order valence-corrected chi connectivity index (χ3v) is 4.09. The number of hydrogen-bond donors (Lipinski definition) is 0. The van der Waals surface area contributed by atoms with Crippen LogP contribution in [0.25, 0.3) is 20.8 Å². The number of hydrogen-bond acceptors (Lipinski definition) is 2. The second kappa shape index (κ2) is 3.97. The van der Waals surface area contributed by atoms with Gasteiger partial charge in [-0.05, 0) is 37.1 Å². The first kappa shape index (κ1) is 10.5. The highest BCUT2D eigenvalue weighted by molar-refractivity contribution is 7.21. The molecule has 1 nitrogen and oxygen atoms in total. The Labute approximate surface area is 105 Å². The number of nitrogens with zero attached hydrogens (tertiary/aromatic N) is 1. The Morgan fingerprint density at radius 1 is 0.941 bits per heavy atom. The van der Waals surface area contributed by atoms with Crippen LogP contribution in [0.15, 0.2) is 42.5 Å². The van der Waals surface area contributed by atoms with Crippen LogP contribution < -0.4 is 0 Å². The molecule has 0 aliphatic rings. The maximum Gasteiger partial charge on any atom is 0.124 e. The second-order valence-corrected chi connectivity index (χ2v) is 5.32. The van der Waals surface area contributed by atoms with Crippen LogP contribution in [0.3, 0.4) is 0 Å². The monoisotopic (exact) mass is 239 g/mol. The molecule has 2 aromatic carbocycles. The largest absolute Gasteiger partial charge is 0.236 e. The first-order chi connectivity index (χ1) is 8.24. The van der Waals surface area contributed by atoms with Crippen molar-refractivity contribution in [1.82, 2.24) is 4.98 Å². The van der Waals surface area contributed by atoms with Crippen LogP contribution in [0, 0.1) is 13.8 Å². The van der Waals surface area contributed by atoms with Gasteiger partial charge in [-0.2, -0.15) is 0 Å². The van der Waals surface area contributed by atoms with Crippen molar-refractivity contribution in [3.05, 3.63) is 53.6 Å². The fraction of sp³-hybridized carbons (Fsp3) is 0.133. The Bertz CT molecular complexity index is 629. The van der Waals surface area contributed by atoms with Crippen LogP contribution in [0.2, 0.25) is 0 Å². The van der Waals surface area contributed by atoms with Gasteiger partial charge in [-0.1, -0.05) is 30.3 Å². The van der Waals surface area contributed by atoms with E-state index in [1.807, 2.05) is 6.07 Å². The van der Waals surface area contributed by atoms with Gasteiger partial charge in [-0.15, -0.1) is 11.3 Å². The summed E-state index contributed by atoms with van der Waals surface area (Å²) in [5.74, 6) is 0. The Hall–Kier alpha value is -1.67. The third kappa shape index (κ3) is 1.85. The summed E-state index contributed by atoms with van der Waals surface area (Å²) in [4.78, 5) is 4.70. The summed E-state index contributed by atoms with van der Waals surface area (Å²) in [6.07, 6.45) is 0. The molecule has 3 rings (SSSR count). The third-order valence-electron chi connectivity index (χ3n) is 3.02. The smallest absolute Gasteiger partial charge is 0.124 e. The van der Waals surface area contributed by atoms with Crippen molar-refractivity contribution < 1.29 is 0 Å². The highest BCUT2D eigenvalue weighted by Gasteiger charge is 2.06. The van der Waals surface area contributed by atoms with E-state index in [0.29, 0.717) is 0 Å². The molecular formula is C15H13NS. The molecule has 17 heavy (non-hydrogen) atoms. The van der Waals surface area contributed by atoms with Gasteiger partial charge in [-0.3, -0.25) is 0 Å². The SMILES string of the molecule is Cc1cc2nc(-c3ccccc3)sc2cc1C. The standard InChI is InChI=1S/C15H13NS/c1-10-8-13-14(9-11(10)2)17-15(16-13)12-6-4-3-5-7-12/h3-9H,1-2H3. The molecule has 3 aromatic rings. The van der Waals surface area contributed by atoms with Crippen molar-refractivity contribution in [3.63, 3.8) is 0 Å². The summed E-state index contributed by atoms with van der Waals surface area (Å²) < 4.78 is 1.27. The molecule has 0 saturated carbocycles. The molecule has 0 amide bonds. The summed E-state index contributed by atoms with van der Waals surface area (Å²) in [6.45, 7) is 4.28. The van der Waals surface area contributed by atoms with E-state index in [-0.39, 0.29) is 0 Å². The van der Waals surface area contributed by atoms with Crippen molar-refractivity contribution in [3.8, 4) is 10.6 Å². The summed E-state index contributed by atoms with van der Waals surface area (Å²) in [5.41, 5.74) is 4.95. The minimum absolute atomic E-state index is 1.10. The van der Waals surface area contributed by atoms with E-state index >= 15 is 0 Å². The fourth-order valence-electron chi connectivity index (χ4n) is 1.88. The minimum atomic E-state index is 1.10. The van der Waals surface area contributed by atoms with Crippen molar-refractivity contribution in [1.29, 1.82) is 0 Å². The summed E-state index contributed by atoms with van der Waals surface area (Å²) in [5, 5.41) is 1.10. The van der Waals surface area contributed by atoms with Gasteiger partial charge in [0, 0.05) is 5.56 Å². The van der Waals surface area contributed by atoms with Gasteiger partial charge in [-0.25, -0.2) is 4.98 Å². The van der Waals surface area contributed by atoms with Crippen LogP contribution in [0.5, 0.6) is 0 Å². The zero-order chi connectivity index (χ0) is 11.8. The summed E-state index contributed by atoms with van der Waals surface area (Å²) >= 11 is 1.76. The predicted octanol–water partition coefficient (Wildman–Crippen LogP) is 4.58. The molecule has 0 aliphatic heterocycles. The average Bonchev–Trinajstić information content (AvgIpc) is 2.74. The highest BCUT2D eigenvalue weighted by Crippen LogP contribution is 2.31. The van der Waals surface area contributed by atoms with E-state index in [4.69, 9.17) is 4.98 Å². The average molecular weight is 239 g/mol. The lowest BCUT2D eigenvalue weighted by atomic mass is 10.1. The van der Waals surface area contributed by atoms with Gasteiger partial charge < -0.3 is 0 Å². The predicted molar refractivity (Wildman–Crippen MR) is 74.5 cm³/mol. The summed E-state index contributed by atoms with van der Waals surface area (Å²) in [6, 6.07) is 14.8. The van der Waals surface area contributed by atoms with Crippen molar-refractivity contribution >= 4 is 21.6 Å². The maximum atomic E-state index is 4.70. The fourth-order valence-corrected chi connectivity index (χ4v) is 2.94. The van der Waals surface area contributed by atoms with Crippen molar-refractivity contribution in [2.75, 3.05) is 0 Å². The summed E-state index contributed by atoms with van der Waals surface area (Å²) in [7, 11) is 0. The van der Waals surface area contributed by atoms with Crippen molar-refractivity contribution in [2.45, 2.75) is 13.8 Å². The Balaban J connectivity index is 2.21. The minimum Gasteiger partial charge on any atom is -0.236 e. The normalized spacial score (nSPS) is 10.9. The van der Waals surface area contributed by atoms with Crippen LogP contribution >= 0.6 is 11.3 Å². The zero-order valence-electron chi connectivity index (χ0n) is 9.90. The van der Waals surface area contributed by atoms with Crippen LogP contribution in [-0.2, 0) is 0 Å². The quantitative estimate of drug-likeness (QED) is 0.605. The molecule has 0 bridgehead atoms. The molecule has 0 atom stereocenters. The van der Waals surface area contributed by atoms with E-state index < -0.39 is 0 Å². The Morgan fingerprint density at radius 2 is 1.65 bits per heavy atom. The molecule has 0 N–H and O–H groups in total. The number of fused-ring (bicyclic) bond motifs is 1. The molecule has 2 heteroatoms. The molecular weight excluding hydrogens is 226 g/mol. The molecule has 0 unspecified atom stereocenters. The van der Waals surface area contributed by atoms with Gasteiger partial charge in [0.25, 0.3) is 0 Å². The van der Waals surface area contributed by atoms with Crippen molar-refractivity contribution in [2.24, 2.45) is 0 Å². The Morgan fingerprint density at radius 3 is 2.41 bits per heavy atom. The van der Waals surface area contributed by atoms with E-state index in [9.17, 15) is 0 Å². The van der Waals surface area contributed by atoms with E-state index in [2.05, 4.69) is 50.2 Å². The van der Waals surface area contributed by atoms with Gasteiger partial charge in [0.2, 0.25) is 0 Å². The van der Waals surface area contributed by atoms with Gasteiger partial charge in [0.1, 0.15) is 5.01 Å². The van der Waals surface area contributed by atoms with Crippen LogP contribution in [0.4, 0.5) is 0 Å². The first-order valence-electron chi connectivity index (χ1n) is 5.67. The highest BCUT2D eigenvalue weighted by atomic mass is 32.1. The maximum absolute atomic E-state index is 4.70. The van der Waals surface area contributed by atoms with Gasteiger partial charge in [0.15, 0.2) is 0 Å². The molecule has 1 aromatic heterocycles. The van der Waals surface area contributed by atoms with Crippen LogP contribution in [-0.4, -0.2) is 4.98 Å². The van der Waals surface area contributed by atoms with Gasteiger partial charge >= 0.3 is 0 Å². The molecule has 0 aliphatic carbocycles. The molecule has 0 fully saturated rings.